The summed E-state index contributed by atoms with van der Waals surface area (Å²) in [5, 5.41) is 2.93. The molecule has 132 valence electrons. The minimum Gasteiger partial charge on any atom is -0.353 e. The van der Waals surface area contributed by atoms with Crippen molar-refractivity contribution in [3.05, 3.63) is 65.7 Å². The van der Waals surface area contributed by atoms with Gasteiger partial charge in [-0.1, -0.05) is 47.7 Å². The van der Waals surface area contributed by atoms with Crippen molar-refractivity contribution in [2.75, 3.05) is 27.2 Å². The number of rotatable bonds is 8. The predicted octanol–water partition coefficient (Wildman–Crippen LogP) is 4.23. The molecule has 0 aliphatic heterocycles. The fourth-order valence-electron chi connectivity index (χ4n) is 2.35. The number of benzene rings is 2. The van der Waals surface area contributed by atoms with Crippen LogP contribution in [0.25, 0.3) is 6.08 Å². The van der Waals surface area contributed by atoms with Gasteiger partial charge in [-0.2, -0.15) is 0 Å². The summed E-state index contributed by atoms with van der Waals surface area (Å²) in [4.78, 5) is 16.4. The average Bonchev–Trinajstić information content (AvgIpc) is 2.58. The second kappa shape index (κ2) is 10.1. The van der Waals surface area contributed by atoms with Crippen molar-refractivity contribution in [1.29, 1.82) is 0 Å². The first-order valence-electron chi connectivity index (χ1n) is 8.49. The van der Waals surface area contributed by atoms with Crippen LogP contribution in [0.2, 0.25) is 0 Å². The Hall–Kier alpha value is -2.04. The molecule has 0 bridgehead atoms. The molecule has 0 saturated carbocycles. The third kappa shape index (κ3) is 7.16. The van der Waals surface area contributed by atoms with Crippen LogP contribution in [-0.4, -0.2) is 38.0 Å². The molecular weight excluding hydrogens is 328 g/mol. The normalized spacial score (nSPS) is 11.2. The molecule has 0 aromatic heterocycles. The van der Waals surface area contributed by atoms with Crippen LogP contribution in [0.1, 0.15) is 17.5 Å². The maximum atomic E-state index is 12.0. The van der Waals surface area contributed by atoms with Gasteiger partial charge in [-0.3, -0.25) is 4.79 Å². The molecule has 0 atom stereocenters. The van der Waals surface area contributed by atoms with Crippen LogP contribution in [0.4, 0.5) is 0 Å². The summed E-state index contributed by atoms with van der Waals surface area (Å²) in [6.07, 6.45) is 4.46. The van der Waals surface area contributed by atoms with Crippen molar-refractivity contribution in [1.82, 2.24) is 10.2 Å². The lowest BCUT2D eigenvalue weighted by molar-refractivity contribution is -0.116. The van der Waals surface area contributed by atoms with Gasteiger partial charge in [-0.25, -0.2) is 0 Å². The van der Waals surface area contributed by atoms with E-state index >= 15 is 0 Å². The quantitative estimate of drug-likeness (QED) is 0.569. The van der Waals surface area contributed by atoms with Crippen molar-refractivity contribution in [3.8, 4) is 0 Å². The van der Waals surface area contributed by atoms with Crippen molar-refractivity contribution >= 4 is 23.7 Å². The van der Waals surface area contributed by atoms with Crippen molar-refractivity contribution in [2.24, 2.45) is 0 Å². The molecule has 0 radical (unpaired) electrons. The van der Waals surface area contributed by atoms with Gasteiger partial charge in [0.2, 0.25) is 5.91 Å². The minimum atomic E-state index is -0.0471. The molecular formula is C21H26N2OS. The molecule has 2 rings (SSSR count). The van der Waals surface area contributed by atoms with E-state index in [0.29, 0.717) is 6.54 Å². The molecule has 0 fully saturated rings. The summed E-state index contributed by atoms with van der Waals surface area (Å²) in [6.45, 7) is 3.76. The Balaban J connectivity index is 1.96. The summed E-state index contributed by atoms with van der Waals surface area (Å²) >= 11 is 1.72. The Morgan fingerprint density at radius 3 is 2.72 bits per heavy atom. The minimum absolute atomic E-state index is 0.0471. The zero-order chi connectivity index (χ0) is 18.1. The molecule has 1 N–H and O–H groups in total. The first kappa shape index (κ1) is 19.3. The predicted molar refractivity (Wildman–Crippen MR) is 107 cm³/mol. The van der Waals surface area contributed by atoms with E-state index in [1.807, 2.05) is 38.4 Å². The van der Waals surface area contributed by atoms with E-state index in [9.17, 15) is 4.79 Å². The highest BCUT2D eigenvalue weighted by molar-refractivity contribution is 7.99. The Bertz CT molecular complexity index is 725. The lowest BCUT2D eigenvalue weighted by Crippen LogP contribution is -2.25. The van der Waals surface area contributed by atoms with Gasteiger partial charge >= 0.3 is 0 Å². The van der Waals surface area contributed by atoms with Crippen LogP contribution >= 0.6 is 11.8 Å². The number of carbonyl (C=O) groups excluding carboxylic acids is 1. The summed E-state index contributed by atoms with van der Waals surface area (Å²) in [7, 11) is 4.06. The van der Waals surface area contributed by atoms with Crippen LogP contribution in [0.5, 0.6) is 0 Å². The number of nitrogens with zero attached hydrogens (tertiary/aromatic N) is 1. The Morgan fingerprint density at radius 2 is 1.96 bits per heavy atom. The van der Waals surface area contributed by atoms with Gasteiger partial charge in [-0.15, -0.1) is 0 Å². The number of hydrogen-bond donors (Lipinski definition) is 1. The molecule has 0 aliphatic rings. The fraction of sp³-hybridized carbons (Fsp3) is 0.286. The number of hydrogen-bond acceptors (Lipinski definition) is 3. The smallest absolute Gasteiger partial charge is 0.244 e. The molecule has 25 heavy (non-hydrogen) atoms. The molecule has 2 aromatic carbocycles. The average molecular weight is 355 g/mol. The van der Waals surface area contributed by atoms with Crippen LogP contribution in [-0.2, 0) is 4.79 Å². The van der Waals surface area contributed by atoms with E-state index in [-0.39, 0.29) is 5.91 Å². The van der Waals surface area contributed by atoms with Gasteiger partial charge in [-0.05, 0) is 63.8 Å². The molecule has 0 spiro atoms. The van der Waals surface area contributed by atoms with E-state index in [4.69, 9.17) is 0 Å². The molecule has 0 heterocycles. The maximum absolute atomic E-state index is 12.0. The monoisotopic (exact) mass is 354 g/mol. The van der Waals surface area contributed by atoms with Gasteiger partial charge in [0.05, 0.1) is 0 Å². The summed E-state index contributed by atoms with van der Waals surface area (Å²) in [5.41, 5.74) is 2.30. The molecule has 0 aliphatic carbocycles. The zero-order valence-corrected chi connectivity index (χ0v) is 16.0. The second-order valence-corrected chi connectivity index (χ2v) is 7.35. The highest BCUT2D eigenvalue weighted by Crippen LogP contribution is 2.31. The molecule has 3 nitrogen and oxygen atoms in total. The van der Waals surface area contributed by atoms with Gasteiger partial charge in [0, 0.05) is 22.4 Å². The van der Waals surface area contributed by atoms with Crippen molar-refractivity contribution < 1.29 is 4.79 Å². The number of carbonyl (C=O) groups is 1. The molecule has 0 unspecified atom stereocenters. The third-order valence-corrected chi connectivity index (χ3v) is 4.71. The number of amides is 1. The van der Waals surface area contributed by atoms with Crippen molar-refractivity contribution in [3.63, 3.8) is 0 Å². The lowest BCUT2D eigenvalue weighted by Gasteiger charge is -2.09. The first-order valence-corrected chi connectivity index (χ1v) is 9.30. The van der Waals surface area contributed by atoms with Crippen LogP contribution < -0.4 is 5.32 Å². The Labute approximate surface area is 155 Å². The largest absolute Gasteiger partial charge is 0.353 e. The van der Waals surface area contributed by atoms with Gasteiger partial charge < -0.3 is 10.2 Å². The molecule has 1 amide bonds. The standard InChI is InChI=1S/C21H26N2OS/c1-17-8-6-10-19(16-17)25-20-11-5-4-9-18(20)12-13-21(24)22-14-7-15-23(2)3/h4-6,8-13,16H,7,14-15H2,1-3H3,(H,22,24)/b13-12+. The van der Waals surface area contributed by atoms with E-state index in [1.165, 1.54) is 10.5 Å². The highest BCUT2D eigenvalue weighted by atomic mass is 32.2. The number of aryl methyl sites for hydroxylation is 1. The van der Waals surface area contributed by atoms with Crippen LogP contribution in [0.15, 0.2) is 64.4 Å². The summed E-state index contributed by atoms with van der Waals surface area (Å²) < 4.78 is 0. The van der Waals surface area contributed by atoms with Gasteiger partial charge in [0.25, 0.3) is 0 Å². The maximum Gasteiger partial charge on any atom is 0.244 e. The van der Waals surface area contributed by atoms with E-state index in [2.05, 4.69) is 47.5 Å². The third-order valence-electron chi connectivity index (χ3n) is 3.63. The summed E-state index contributed by atoms with van der Waals surface area (Å²) in [5.74, 6) is -0.0471. The molecule has 4 heteroatoms. The molecule has 0 saturated heterocycles. The van der Waals surface area contributed by atoms with E-state index in [1.54, 1.807) is 17.8 Å². The highest BCUT2D eigenvalue weighted by Gasteiger charge is 2.03. The fourth-order valence-corrected chi connectivity index (χ4v) is 3.39. The Morgan fingerprint density at radius 1 is 1.16 bits per heavy atom. The van der Waals surface area contributed by atoms with Gasteiger partial charge in [0.15, 0.2) is 0 Å². The zero-order valence-electron chi connectivity index (χ0n) is 15.2. The van der Waals surface area contributed by atoms with Crippen LogP contribution in [0, 0.1) is 6.92 Å². The lowest BCUT2D eigenvalue weighted by atomic mass is 10.2. The van der Waals surface area contributed by atoms with Gasteiger partial charge in [0.1, 0.15) is 0 Å². The Kier molecular flexibility index (Phi) is 7.76. The van der Waals surface area contributed by atoms with Crippen molar-refractivity contribution in [2.45, 2.75) is 23.1 Å². The first-order chi connectivity index (χ1) is 12.0. The van der Waals surface area contributed by atoms with Crippen LogP contribution in [0.3, 0.4) is 0 Å². The number of nitrogens with one attached hydrogen (secondary N) is 1. The van der Waals surface area contributed by atoms with E-state index in [0.717, 1.165) is 23.4 Å². The summed E-state index contributed by atoms with van der Waals surface area (Å²) in [6, 6.07) is 16.6. The second-order valence-electron chi connectivity index (χ2n) is 6.24. The van der Waals surface area contributed by atoms with E-state index < -0.39 is 0 Å². The SMILES string of the molecule is Cc1cccc(Sc2ccccc2/C=C/C(=O)NCCCN(C)C)c1. The topological polar surface area (TPSA) is 32.3 Å². The molecule has 2 aromatic rings.